The zero-order chi connectivity index (χ0) is 10.8. The van der Waals surface area contributed by atoms with Crippen LogP contribution in [0.3, 0.4) is 0 Å². The first-order valence-electron chi connectivity index (χ1n) is 4.78. The maximum Gasteiger partial charge on any atom is 0.228 e. The zero-order valence-electron chi connectivity index (χ0n) is 8.11. The minimum Gasteiger partial charge on any atom is -0.395 e. The number of rotatable bonds is 2. The minimum atomic E-state index is -0.0388. The summed E-state index contributed by atoms with van der Waals surface area (Å²) >= 11 is 3.35. The Hall–Kier alpha value is -0.940. The SMILES string of the molecule is O=C1CCc2cc(Br)cnc2N1CCO. The van der Waals surface area contributed by atoms with Gasteiger partial charge in [-0.3, -0.25) is 9.69 Å². The van der Waals surface area contributed by atoms with Crippen LogP contribution < -0.4 is 4.90 Å². The van der Waals surface area contributed by atoms with Crippen LogP contribution in [0.2, 0.25) is 0 Å². The Labute approximate surface area is 96.1 Å². The van der Waals surface area contributed by atoms with E-state index in [1.165, 1.54) is 0 Å². The second kappa shape index (κ2) is 4.28. The number of hydrogen-bond donors (Lipinski definition) is 1. The molecular formula is C10H11BrN2O2. The molecule has 1 aliphatic rings. The van der Waals surface area contributed by atoms with Crippen molar-refractivity contribution in [2.45, 2.75) is 12.8 Å². The number of aryl methyl sites for hydroxylation is 1. The van der Waals surface area contributed by atoms with Gasteiger partial charge in [0.1, 0.15) is 5.82 Å². The predicted octanol–water partition coefficient (Wildman–Crippen LogP) is 1.12. The standard InChI is InChI=1S/C10H11BrN2O2/c11-8-5-7-1-2-9(15)13(3-4-14)10(7)12-6-8/h5-6,14H,1-4H2. The van der Waals surface area contributed by atoms with Gasteiger partial charge in [0.2, 0.25) is 5.91 Å². The van der Waals surface area contributed by atoms with E-state index in [2.05, 4.69) is 20.9 Å². The van der Waals surface area contributed by atoms with Crippen LogP contribution in [0.5, 0.6) is 0 Å². The van der Waals surface area contributed by atoms with E-state index in [0.29, 0.717) is 18.8 Å². The highest BCUT2D eigenvalue weighted by Gasteiger charge is 2.24. The monoisotopic (exact) mass is 270 g/mol. The number of aliphatic hydroxyl groups excluding tert-OH is 1. The molecule has 15 heavy (non-hydrogen) atoms. The van der Waals surface area contributed by atoms with E-state index in [0.717, 1.165) is 16.5 Å². The Kier molecular flexibility index (Phi) is 3.02. The number of pyridine rings is 1. The van der Waals surface area contributed by atoms with Gasteiger partial charge < -0.3 is 5.11 Å². The maximum absolute atomic E-state index is 11.6. The van der Waals surface area contributed by atoms with Crippen LogP contribution in [0.4, 0.5) is 5.82 Å². The maximum atomic E-state index is 11.6. The second-order valence-electron chi connectivity index (χ2n) is 3.41. The number of fused-ring (bicyclic) bond motifs is 1. The van der Waals surface area contributed by atoms with Gasteiger partial charge in [-0.15, -0.1) is 0 Å². The number of amides is 1. The van der Waals surface area contributed by atoms with Gasteiger partial charge in [-0.2, -0.15) is 0 Å². The lowest BCUT2D eigenvalue weighted by Gasteiger charge is -2.27. The van der Waals surface area contributed by atoms with Crippen LogP contribution in [0.1, 0.15) is 12.0 Å². The summed E-state index contributed by atoms with van der Waals surface area (Å²) in [6.07, 6.45) is 2.88. The molecular weight excluding hydrogens is 260 g/mol. The van der Waals surface area contributed by atoms with Crippen molar-refractivity contribution in [2.24, 2.45) is 0 Å². The van der Waals surface area contributed by atoms with E-state index in [1.807, 2.05) is 6.07 Å². The van der Waals surface area contributed by atoms with Crippen molar-refractivity contribution < 1.29 is 9.90 Å². The van der Waals surface area contributed by atoms with E-state index in [-0.39, 0.29) is 12.5 Å². The summed E-state index contributed by atoms with van der Waals surface area (Å²) in [5.74, 6) is 0.717. The van der Waals surface area contributed by atoms with Gasteiger partial charge in [-0.1, -0.05) is 0 Å². The molecule has 0 spiro atoms. The molecule has 2 heterocycles. The molecule has 0 aromatic carbocycles. The first-order chi connectivity index (χ1) is 7.22. The summed E-state index contributed by atoms with van der Waals surface area (Å²) in [6, 6.07) is 1.97. The average Bonchev–Trinajstić information content (AvgIpc) is 2.22. The fourth-order valence-corrected chi connectivity index (χ4v) is 2.10. The van der Waals surface area contributed by atoms with E-state index in [1.54, 1.807) is 11.1 Å². The fourth-order valence-electron chi connectivity index (χ4n) is 1.73. The fraction of sp³-hybridized carbons (Fsp3) is 0.400. The molecule has 2 rings (SSSR count). The number of aromatic nitrogens is 1. The molecule has 1 aromatic rings. The van der Waals surface area contributed by atoms with Crippen LogP contribution in [0.25, 0.3) is 0 Å². The smallest absolute Gasteiger partial charge is 0.228 e. The third-order valence-electron chi connectivity index (χ3n) is 2.40. The highest BCUT2D eigenvalue weighted by Crippen LogP contribution is 2.27. The first-order valence-corrected chi connectivity index (χ1v) is 5.57. The van der Waals surface area contributed by atoms with Gasteiger partial charge in [0.25, 0.3) is 0 Å². The number of nitrogens with zero attached hydrogens (tertiary/aromatic N) is 2. The average molecular weight is 271 g/mol. The highest BCUT2D eigenvalue weighted by atomic mass is 79.9. The highest BCUT2D eigenvalue weighted by molar-refractivity contribution is 9.10. The van der Waals surface area contributed by atoms with Crippen molar-refractivity contribution in [3.05, 3.63) is 22.3 Å². The number of halogens is 1. The number of β-amino-alcohol motifs (C(OH)–C–C–N with tert-alkyl or cyclic N) is 1. The van der Waals surface area contributed by atoms with Crippen molar-refractivity contribution in [1.29, 1.82) is 0 Å². The normalized spacial score (nSPS) is 15.3. The molecule has 1 aromatic heterocycles. The zero-order valence-corrected chi connectivity index (χ0v) is 9.70. The van der Waals surface area contributed by atoms with E-state index in [4.69, 9.17) is 5.11 Å². The molecule has 0 unspecified atom stereocenters. The predicted molar refractivity (Wildman–Crippen MR) is 59.7 cm³/mol. The van der Waals surface area contributed by atoms with Crippen molar-refractivity contribution in [3.8, 4) is 0 Å². The van der Waals surface area contributed by atoms with Crippen molar-refractivity contribution >= 4 is 27.7 Å². The number of anilines is 1. The number of carbonyl (C=O) groups excluding carboxylic acids is 1. The third kappa shape index (κ3) is 2.03. The number of hydrogen-bond acceptors (Lipinski definition) is 3. The summed E-state index contributed by atoms with van der Waals surface area (Å²) < 4.78 is 0.916. The molecule has 0 bridgehead atoms. The first kappa shape index (κ1) is 10.6. The summed E-state index contributed by atoms with van der Waals surface area (Å²) in [4.78, 5) is 17.4. The van der Waals surface area contributed by atoms with Gasteiger partial charge in [-0.25, -0.2) is 4.98 Å². The topological polar surface area (TPSA) is 53.4 Å². The van der Waals surface area contributed by atoms with Gasteiger partial charge >= 0.3 is 0 Å². The molecule has 4 nitrogen and oxygen atoms in total. The van der Waals surface area contributed by atoms with Gasteiger partial charge in [0, 0.05) is 17.1 Å². The number of carbonyl (C=O) groups is 1. The Morgan fingerprint density at radius 3 is 3.07 bits per heavy atom. The number of aliphatic hydroxyl groups is 1. The molecule has 0 aliphatic carbocycles. The molecule has 80 valence electrons. The van der Waals surface area contributed by atoms with Crippen molar-refractivity contribution in [2.75, 3.05) is 18.1 Å². The van der Waals surface area contributed by atoms with Crippen LogP contribution >= 0.6 is 15.9 Å². The van der Waals surface area contributed by atoms with E-state index >= 15 is 0 Å². The molecule has 0 saturated carbocycles. The third-order valence-corrected chi connectivity index (χ3v) is 2.83. The molecule has 0 saturated heterocycles. The molecule has 0 radical (unpaired) electrons. The van der Waals surface area contributed by atoms with Gasteiger partial charge in [-0.05, 0) is 34.0 Å². The lowest BCUT2D eigenvalue weighted by Crippen LogP contribution is -2.37. The molecule has 1 aliphatic heterocycles. The van der Waals surface area contributed by atoms with Gasteiger partial charge in [0.05, 0.1) is 13.2 Å². The molecule has 0 atom stereocenters. The lowest BCUT2D eigenvalue weighted by atomic mass is 10.1. The Bertz CT molecular complexity index is 395. The van der Waals surface area contributed by atoms with E-state index in [9.17, 15) is 4.79 Å². The summed E-state index contributed by atoms with van der Waals surface area (Å²) in [5.41, 5.74) is 1.05. The van der Waals surface area contributed by atoms with Crippen LogP contribution in [0.15, 0.2) is 16.7 Å². The summed E-state index contributed by atoms with van der Waals surface area (Å²) in [5, 5.41) is 8.89. The summed E-state index contributed by atoms with van der Waals surface area (Å²) in [7, 11) is 0. The Balaban J connectivity index is 2.39. The quantitative estimate of drug-likeness (QED) is 0.876. The van der Waals surface area contributed by atoms with Gasteiger partial charge in [0.15, 0.2) is 0 Å². The Morgan fingerprint density at radius 1 is 1.53 bits per heavy atom. The molecule has 5 heteroatoms. The van der Waals surface area contributed by atoms with Crippen molar-refractivity contribution in [3.63, 3.8) is 0 Å². The summed E-state index contributed by atoms with van der Waals surface area (Å²) in [6.45, 7) is 0.281. The lowest BCUT2D eigenvalue weighted by molar-refractivity contribution is -0.119. The minimum absolute atomic E-state index is 0.0337. The largest absolute Gasteiger partial charge is 0.395 e. The molecule has 1 N–H and O–H groups in total. The van der Waals surface area contributed by atoms with E-state index < -0.39 is 0 Å². The van der Waals surface area contributed by atoms with Crippen LogP contribution in [0, 0.1) is 0 Å². The van der Waals surface area contributed by atoms with Crippen LogP contribution in [-0.2, 0) is 11.2 Å². The Morgan fingerprint density at radius 2 is 2.33 bits per heavy atom. The second-order valence-corrected chi connectivity index (χ2v) is 4.32. The van der Waals surface area contributed by atoms with Crippen LogP contribution in [-0.4, -0.2) is 29.1 Å². The molecule has 1 amide bonds. The molecule has 0 fully saturated rings. The van der Waals surface area contributed by atoms with Crippen molar-refractivity contribution in [1.82, 2.24) is 4.98 Å².